The monoisotopic (exact) mass is 224 g/mol. The van der Waals surface area contributed by atoms with Crippen LogP contribution in [0.3, 0.4) is 0 Å². The molecule has 0 bridgehead atoms. The van der Waals surface area contributed by atoms with Gasteiger partial charge in [0.2, 0.25) is 5.76 Å². The fourth-order valence-corrected chi connectivity index (χ4v) is 0.914. The van der Waals surface area contributed by atoms with Crippen LogP contribution < -0.4 is 0 Å². The van der Waals surface area contributed by atoms with Gasteiger partial charge in [0.25, 0.3) is 0 Å². The van der Waals surface area contributed by atoms with Crippen LogP contribution in [0.4, 0.5) is 13.2 Å². The summed E-state index contributed by atoms with van der Waals surface area (Å²) >= 11 is 0. The molecule has 0 aliphatic rings. The lowest BCUT2D eigenvalue weighted by Crippen LogP contribution is -2.17. The summed E-state index contributed by atoms with van der Waals surface area (Å²) < 4.78 is 43.9. The maximum Gasteiger partial charge on any atom is 0.411 e. The van der Waals surface area contributed by atoms with Crippen molar-refractivity contribution in [2.75, 3.05) is 6.61 Å². The van der Waals surface area contributed by atoms with Gasteiger partial charge in [0.15, 0.2) is 0 Å². The Morgan fingerprint density at radius 2 is 2.20 bits per heavy atom. The molecule has 0 saturated heterocycles. The van der Waals surface area contributed by atoms with Gasteiger partial charge in [-0.25, -0.2) is 4.79 Å². The van der Waals surface area contributed by atoms with Crippen LogP contribution in [-0.4, -0.2) is 23.9 Å². The van der Waals surface area contributed by atoms with Gasteiger partial charge in [-0.1, -0.05) is 0 Å². The molecule has 7 heteroatoms. The van der Waals surface area contributed by atoms with Crippen LogP contribution in [0, 0.1) is 0 Å². The Morgan fingerprint density at radius 1 is 1.53 bits per heavy atom. The number of ether oxygens (including phenoxy) is 1. The molecule has 84 valence electrons. The molecule has 0 amide bonds. The number of alkyl halides is 3. The zero-order chi connectivity index (χ0) is 11.5. The molecule has 1 N–H and O–H groups in total. The highest BCUT2D eigenvalue weighted by Gasteiger charge is 2.27. The molecular weight excluding hydrogens is 217 g/mol. The Bertz CT molecular complexity index is 342. The molecule has 1 rings (SSSR count). The van der Waals surface area contributed by atoms with Crippen LogP contribution >= 0.6 is 0 Å². The van der Waals surface area contributed by atoms with Crippen molar-refractivity contribution in [3.05, 3.63) is 23.7 Å². The summed E-state index contributed by atoms with van der Waals surface area (Å²) in [4.78, 5) is 10.5. The average Bonchev–Trinajstić information content (AvgIpc) is 2.49. The predicted octanol–water partition coefficient (Wildman–Crippen LogP) is 2.06. The topological polar surface area (TPSA) is 59.7 Å². The molecule has 0 radical (unpaired) electrons. The van der Waals surface area contributed by atoms with Crippen molar-refractivity contribution in [2.24, 2.45) is 0 Å². The fourth-order valence-electron chi connectivity index (χ4n) is 0.914. The number of hydrogen-bond donors (Lipinski definition) is 1. The quantitative estimate of drug-likeness (QED) is 0.850. The van der Waals surface area contributed by atoms with E-state index in [1.54, 1.807) is 0 Å². The molecule has 4 nitrogen and oxygen atoms in total. The van der Waals surface area contributed by atoms with Crippen LogP contribution in [-0.2, 0) is 11.3 Å². The standard InChI is InChI=1S/C8H7F3O4/c9-8(10,11)4-14-3-5-1-2-15-6(5)7(12)13/h1-2H,3-4H2,(H,12,13). The number of carbonyl (C=O) groups is 1. The van der Waals surface area contributed by atoms with Gasteiger partial charge >= 0.3 is 12.1 Å². The van der Waals surface area contributed by atoms with Crippen molar-refractivity contribution in [3.8, 4) is 0 Å². The van der Waals surface area contributed by atoms with E-state index < -0.39 is 31.1 Å². The summed E-state index contributed by atoms with van der Waals surface area (Å²) in [5.41, 5.74) is 0.0757. The third-order valence-electron chi connectivity index (χ3n) is 1.46. The second kappa shape index (κ2) is 4.35. The highest BCUT2D eigenvalue weighted by Crippen LogP contribution is 2.17. The van der Waals surface area contributed by atoms with E-state index in [2.05, 4.69) is 9.15 Å². The maximum absolute atomic E-state index is 11.7. The number of hydrogen-bond acceptors (Lipinski definition) is 3. The van der Waals surface area contributed by atoms with Gasteiger partial charge in [-0.3, -0.25) is 0 Å². The molecule has 0 atom stereocenters. The molecule has 15 heavy (non-hydrogen) atoms. The van der Waals surface area contributed by atoms with E-state index in [0.29, 0.717) is 0 Å². The average molecular weight is 224 g/mol. The number of furan rings is 1. The summed E-state index contributed by atoms with van der Waals surface area (Å²) in [6.07, 6.45) is -3.34. The predicted molar refractivity (Wildman–Crippen MR) is 41.4 cm³/mol. The summed E-state index contributed by atoms with van der Waals surface area (Å²) in [5.74, 6) is -1.75. The molecule has 0 spiro atoms. The second-order valence-corrected chi connectivity index (χ2v) is 2.69. The minimum Gasteiger partial charge on any atom is -0.475 e. The lowest BCUT2D eigenvalue weighted by Gasteiger charge is -2.06. The van der Waals surface area contributed by atoms with E-state index in [4.69, 9.17) is 5.11 Å². The van der Waals surface area contributed by atoms with Gasteiger partial charge in [-0.2, -0.15) is 13.2 Å². The minimum atomic E-state index is -4.42. The highest BCUT2D eigenvalue weighted by atomic mass is 19.4. The number of halogens is 3. The zero-order valence-electron chi connectivity index (χ0n) is 7.37. The van der Waals surface area contributed by atoms with E-state index in [9.17, 15) is 18.0 Å². The normalized spacial score (nSPS) is 11.7. The highest BCUT2D eigenvalue weighted by molar-refractivity contribution is 5.85. The summed E-state index contributed by atoms with van der Waals surface area (Å²) in [6, 6.07) is 1.25. The van der Waals surface area contributed by atoms with E-state index in [0.717, 1.165) is 6.26 Å². The first kappa shape index (κ1) is 11.6. The van der Waals surface area contributed by atoms with Gasteiger partial charge in [-0.15, -0.1) is 0 Å². The maximum atomic E-state index is 11.7. The van der Waals surface area contributed by atoms with E-state index in [1.165, 1.54) is 6.07 Å². The Morgan fingerprint density at radius 3 is 2.73 bits per heavy atom. The van der Waals surface area contributed by atoms with Crippen LogP contribution in [0.1, 0.15) is 16.1 Å². The van der Waals surface area contributed by atoms with Crippen molar-refractivity contribution < 1.29 is 32.2 Å². The van der Waals surface area contributed by atoms with Gasteiger partial charge in [-0.05, 0) is 6.07 Å². The zero-order valence-corrected chi connectivity index (χ0v) is 7.37. The molecular formula is C8H7F3O4. The van der Waals surface area contributed by atoms with Crippen LogP contribution in [0.5, 0.6) is 0 Å². The van der Waals surface area contributed by atoms with E-state index in [-0.39, 0.29) is 5.56 Å². The molecule has 0 aliphatic carbocycles. The minimum absolute atomic E-state index is 0.0757. The number of aromatic carboxylic acids is 1. The third kappa shape index (κ3) is 3.62. The first-order chi connectivity index (χ1) is 6.90. The van der Waals surface area contributed by atoms with Crippen molar-refractivity contribution in [2.45, 2.75) is 12.8 Å². The van der Waals surface area contributed by atoms with E-state index >= 15 is 0 Å². The van der Waals surface area contributed by atoms with Gasteiger partial charge in [0.05, 0.1) is 12.9 Å². The smallest absolute Gasteiger partial charge is 0.411 e. The molecule has 0 saturated carbocycles. The molecule has 0 aromatic carbocycles. The Hall–Kier alpha value is -1.50. The SMILES string of the molecule is O=C(O)c1occc1COCC(F)(F)F. The molecule has 0 aliphatic heterocycles. The van der Waals surface area contributed by atoms with Crippen LogP contribution in [0.15, 0.2) is 16.7 Å². The first-order valence-corrected chi connectivity index (χ1v) is 3.84. The largest absolute Gasteiger partial charge is 0.475 e. The Labute approximate surface area is 82.3 Å². The number of rotatable bonds is 4. The Kier molecular flexibility index (Phi) is 3.35. The molecule has 0 unspecified atom stereocenters. The molecule has 0 fully saturated rings. The summed E-state index contributed by atoms with van der Waals surface area (Å²) in [5, 5.41) is 8.54. The first-order valence-electron chi connectivity index (χ1n) is 3.84. The molecule has 1 aromatic rings. The lowest BCUT2D eigenvalue weighted by molar-refractivity contribution is -0.176. The van der Waals surface area contributed by atoms with Gasteiger partial charge in [0, 0.05) is 5.56 Å². The summed E-state index contributed by atoms with van der Waals surface area (Å²) in [6.45, 7) is -1.87. The van der Waals surface area contributed by atoms with Crippen LogP contribution in [0.25, 0.3) is 0 Å². The van der Waals surface area contributed by atoms with Crippen molar-refractivity contribution in [3.63, 3.8) is 0 Å². The van der Waals surface area contributed by atoms with Crippen molar-refractivity contribution in [1.82, 2.24) is 0 Å². The lowest BCUT2D eigenvalue weighted by atomic mass is 10.2. The second-order valence-electron chi connectivity index (χ2n) is 2.69. The third-order valence-corrected chi connectivity index (χ3v) is 1.46. The van der Waals surface area contributed by atoms with E-state index in [1.807, 2.05) is 0 Å². The number of carboxylic acid groups (broad SMARTS) is 1. The molecule has 1 heterocycles. The van der Waals surface area contributed by atoms with Crippen molar-refractivity contribution >= 4 is 5.97 Å². The van der Waals surface area contributed by atoms with Crippen molar-refractivity contribution in [1.29, 1.82) is 0 Å². The Balaban J connectivity index is 2.51. The molecule has 1 aromatic heterocycles. The van der Waals surface area contributed by atoms with Crippen LogP contribution in [0.2, 0.25) is 0 Å². The van der Waals surface area contributed by atoms with Gasteiger partial charge < -0.3 is 14.3 Å². The fraction of sp³-hybridized carbons (Fsp3) is 0.375. The summed E-state index contributed by atoms with van der Waals surface area (Å²) in [7, 11) is 0. The number of carboxylic acids is 1. The van der Waals surface area contributed by atoms with Gasteiger partial charge in [0.1, 0.15) is 6.61 Å².